The molecular weight excluding hydrogens is 410 g/mol. The zero-order valence-electron chi connectivity index (χ0n) is 17.3. The van der Waals surface area contributed by atoms with Gasteiger partial charge in [-0.25, -0.2) is 4.79 Å². The number of esters is 1. The number of amides is 1. The number of nitrogens with one attached hydrogen (secondary N) is 1. The summed E-state index contributed by atoms with van der Waals surface area (Å²) in [7, 11) is 1.54. The third-order valence-corrected chi connectivity index (χ3v) is 4.72. The fraction of sp³-hybridized carbons (Fsp3) is 0.120. The van der Waals surface area contributed by atoms with Crippen molar-refractivity contribution in [3.8, 4) is 17.2 Å². The molecule has 0 saturated carbocycles. The first kappa shape index (κ1) is 21.0. The van der Waals surface area contributed by atoms with E-state index in [9.17, 15) is 9.59 Å². The van der Waals surface area contributed by atoms with Crippen LogP contribution in [0, 0.1) is 0 Å². The van der Waals surface area contributed by atoms with E-state index in [1.807, 2.05) is 6.07 Å². The molecule has 1 aliphatic heterocycles. The highest BCUT2D eigenvalue weighted by Gasteiger charge is 2.24. The first-order chi connectivity index (χ1) is 15.6. The van der Waals surface area contributed by atoms with Crippen molar-refractivity contribution in [3.05, 3.63) is 90.0 Å². The van der Waals surface area contributed by atoms with Crippen LogP contribution in [0.5, 0.6) is 17.2 Å². The molecular formula is C25H21NO6. The summed E-state index contributed by atoms with van der Waals surface area (Å²) in [6.45, 7) is 0.172. The smallest absolute Gasteiger partial charge is 0.331 e. The number of hydrogen-bond donors (Lipinski definition) is 1. The molecule has 1 atom stereocenters. The molecule has 4 rings (SSSR count). The van der Waals surface area contributed by atoms with Gasteiger partial charge in [-0.05, 0) is 35.9 Å². The Hall–Kier alpha value is -4.26. The largest absolute Gasteiger partial charge is 0.497 e. The number of methoxy groups -OCH3 is 1. The molecule has 32 heavy (non-hydrogen) atoms. The molecule has 0 bridgehead atoms. The maximum absolute atomic E-state index is 13.0. The topological polar surface area (TPSA) is 83.1 Å². The van der Waals surface area contributed by atoms with Gasteiger partial charge in [0, 0.05) is 23.4 Å². The molecule has 1 heterocycles. The molecule has 0 aromatic heterocycles. The van der Waals surface area contributed by atoms with E-state index in [0.717, 1.165) is 5.56 Å². The van der Waals surface area contributed by atoms with Gasteiger partial charge in [0.25, 0.3) is 5.91 Å². The lowest BCUT2D eigenvalue weighted by Gasteiger charge is -2.17. The van der Waals surface area contributed by atoms with Crippen molar-refractivity contribution in [1.29, 1.82) is 0 Å². The molecule has 162 valence electrons. The Balaban J connectivity index is 1.49. The number of hydrogen-bond acceptors (Lipinski definition) is 6. The van der Waals surface area contributed by atoms with Crippen molar-refractivity contribution < 1.29 is 28.5 Å². The van der Waals surface area contributed by atoms with Crippen LogP contribution >= 0.6 is 0 Å². The summed E-state index contributed by atoms with van der Waals surface area (Å²) >= 11 is 0. The lowest BCUT2D eigenvalue weighted by Crippen LogP contribution is -2.25. The molecule has 3 aromatic carbocycles. The third kappa shape index (κ3) is 5.07. The number of carbonyl (C=O) groups excluding carboxylic acids is 2. The maximum atomic E-state index is 13.0. The van der Waals surface area contributed by atoms with E-state index in [2.05, 4.69) is 5.32 Å². The Kier molecular flexibility index (Phi) is 6.36. The molecule has 7 nitrogen and oxygen atoms in total. The molecule has 1 amide bonds. The highest BCUT2D eigenvalue weighted by molar-refractivity contribution is 5.97. The zero-order chi connectivity index (χ0) is 22.3. The van der Waals surface area contributed by atoms with Gasteiger partial charge in [-0.3, -0.25) is 4.79 Å². The number of rotatable bonds is 7. The van der Waals surface area contributed by atoms with Crippen molar-refractivity contribution >= 4 is 23.6 Å². The maximum Gasteiger partial charge on any atom is 0.331 e. The normalized spacial score (nSPS) is 12.9. The van der Waals surface area contributed by atoms with E-state index in [1.54, 1.807) is 79.9 Å². The van der Waals surface area contributed by atoms with E-state index in [-0.39, 0.29) is 6.79 Å². The average Bonchev–Trinajstić information content (AvgIpc) is 3.30. The summed E-state index contributed by atoms with van der Waals surface area (Å²) in [5.74, 6) is 0.734. The summed E-state index contributed by atoms with van der Waals surface area (Å²) in [5, 5.41) is 2.77. The standard InChI is InChI=1S/C25H21NO6/c1-29-20-9-5-8-19(15-20)26-25(28)24(18-6-3-2-4-7-18)32-23(27)13-11-17-10-12-21-22(14-17)31-16-30-21/h2-15,24H,16H2,1H3,(H,26,28)/b13-11+. The Morgan fingerprint density at radius 2 is 1.78 bits per heavy atom. The summed E-state index contributed by atoms with van der Waals surface area (Å²) < 4.78 is 21.3. The van der Waals surface area contributed by atoms with E-state index in [1.165, 1.54) is 6.08 Å². The number of carbonyl (C=O) groups is 2. The van der Waals surface area contributed by atoms with Crippen molar-refractivity contribution in [2.45, 2.75) is 6.10 Å². The molecule has 0 fully saturated rings. The highest BCUT2D eigenvalue weighted by Crippen LogP contribution is 2.32. The van der Waals surface area contributed by atoms with E-state index in [0.29, 0.717) is 28.5 Å². The zero-order valence-corrected chi connectivity index (χ0v) is 17.3. The van der Waals surface area contributed by atoms with Gasteiger partial charge in [-0.1, -0.05) is 42.5 Å². The summed E-state index contributed by atoms with van der Waals surface area (Å²) in [5.41, 5.74) is 1.82. The number of ether oxygens (including phenoxy) is 4. The first-order valence-electron chi connectivity index (χ1n) is 9.90. The third-order valence-electron chi connectivity index (χ3n) is 4.72. The SMILES string of the molecule is COc1cccc(NC(=O)C(OC(=O)/C=C/c2ccc3c(c2)OCO3)c2ccccc2)c1. The first-order valence-corrected chi connectivity index (χ1v) is 9.90. The number of fused-ring (bicyclic) bond motifs is 1. The van der Waals surface area contributed by atoms with Crippen LogP contribution in [0.1, 0.15) is 17.2 Å². The van der Waals surface area contributed by atoms with E-state index in [4.69, 9.17) is 18.9 Å². The molecule has 7 heteroatoms. The predicted molar refractivity (Wildman–Crippen MR) is 118 cm³/mol. The van der Waals surface area contributed by atoms with Crippen LogP contribution in [-0.4, -0.2) is 25.8 Å². The minimum Gasteiger partial charge on any atom is -0.497 e. The second-order valence-electron chi connectivity index (χ2n) is 6.89. The van der Waals surface area contributed by atoms with Crippen molar-refractivity contribution in [3.63, 3.8) is 0 Å². The van der Waals surface area contributed by atoms with Gasteiger partial charge >= 0.3 is 5.97 Å². The van der Waals surface area contributed by atoms with Crippen LogP contribution in [0.4, 0.5) is 5.69 Å². The molecule has 1 unspecified atom stereocenters. The molecule has 0 spiro atoms. The minimum atomic E-state index is -1.13. The van der Waals surface area contributed by atoms with Gasteiger partial charge in [0.05, 0.1) is 7.11 Å². The van der Waals surface area contributed by atoms with Crippen LogP contribution in [0.25, 0.3) is 6.08 Å². The number of anilines is 1. The van der Waals surface area contributed by atoms with Crippen LogP contribution in [0.3, 0.4) is 0 Å². The van der Waals surface area contributed by atoms with E-state index < -0.39 is 18.0 Å². The van der Waals surface area contributed by atoms with Gasteiger partial charge in [0.1, 0.15) is 5.75 Å². The highest BCUT2D eigenvalue weighted by atomic mass is 16.7. The van der Waals surface area contributed by atoms with Crippen LogP contribution in [0.15, 0.2) is 78.9 Å². The molecule has 0 saturated heterocycles. The molecule has 0 aliphatic carbocycles. The number of benzene rings is 3. The van der Waals surface area contributed by atoms with Crippen molar-refractivity contribution in [2.75, 3.05) is 19.2 Å². The molecule has 3 aromatic rings. The van der Waals surface area contributed by atoms with Gasteiger partial charge in [0.15, 0.2) is 11.5 Å². The quantitative estimate of drug-likeness (QED) is 0.442. The van der Waals surface area contributed by atoms with Crippen LogP contribution in [-0.2, 0) is 14.3 Å². The second kappa shape index (κ2) is 9.70. The predicted octanol–water partition coefficient (Wildman–Crippen LogP) is 4.36. The summed E-state index contributed by atoms with van der Waals surface area (Å²) in [6.07, 6.45) is 1.73. The monoisotopic (exact) mass is 431 g/mol. The molecule has 0 radical (unpaired) electrons. The summed E-state index contributed by atoms with van der Waals surface area (Å²) in [4.78, 5) is 25.5. The van der Waals surface area contributed by atoms with Crippen molar-refractivity contribution in [2.24, 2.45) is 0 Å². The van der Waals surface area contributed by atoms with Gasteiger partial charge in [-0.15, -0.1) is 0 Å². The summed E-state index contributed by atoms with van der Waals surface area (Å²) in [6, 6.07) is 21.1. The second-order valence-corrected chi connectivity index (χ2v) is 6.89. The fourth-order valence-electron chi connectivity index (χ4n) is 3.15. The van der Waals surface area contributed by atoms with Gasteiger partial charge < -0.3 is 24.3 Å². The Bertz CT molecular complexity index is 1140. The Morgan fingerprint density at radius 1 is 0.969 bits per heavy atom. The lowest BCUT2D eigenvalue weighted by atomic mass is 10.1. The molecule has 1 N–H and O–H groups in total. The lowest BCUT2D eigenvalue weighted by molar-refractivity contribution is -0.149. The Morgan fingerprint density at radius 3 is 2.59 bits per heavy atom. The van der Waals surface area contributed by atoms with Gasteiger partial charge in [-0.2, -0.15) is 0 Å². The minimum absolute atomic E-state index is 0.172. The fourth-order valence-corrected chi connectivity index (χ4v) is 3.15. The average molecular weight is 431 g/mol. The van der Waals surface area contributed by atoms with Crippen LogP contribution in [0.2, 0.25) is 0 Å². The molecule has 1 aliphatic rings. The van der Waals surface area contributed by atoms with Crippen molar-refractivity contribution in [1.82, 2.24) is 0 Å². The Labute approximate surface area is 185 Å². The van der Waals surface area contributed by atoms with E-state index >= 15 is 0 Å². The van der Waals surface area contributed by atoms with Crippen LogP contribution < -0.4 is 19.5 Å². The van der Waals surface area contributed by atoms with Gasteiger partial charge in [0.2, 0.25) is 12.9 Å².